The number of hydrogen-bond acceptors (Lipinski definition) is 2. The molecule has 28 heavy (non-hydrogen) atoms. The summed E-state index contributed by atoms with van der Waals surface area (Å²) in [5.41, 5.74) is 3.85. The number of halogens is 1. The molecule has 0 unspecified atom stereocenters. The minimum absolute atomic E-state index is 0.149. The van der Waals surface area contributed by atoms with E-state index in [9.17, 15) is 9.59 Å². The first-order valence-corrected chi connectivity index (χ1v) is 10.5. The number of amides is 1. The van der Waals surface area contributed by atoms with Crippen molar-refractivity contribution in [1.29, 1.82) is 0 Å². The number of nitrogens with zero attached hydrogens (tertiary/aromatic N) is 1. The maximum absolute atomic E-state index is 13.0. The number of nitrogens with one attached hydrogen (secondary N) is 2. The summed E-state index contributed by atoms with van der Waals surface area (Å²) in [5.74, 6) is -0.171. The standard InChI is InChI=1S/C22H24BrN3O2/c1-13-9-14(2)25-22(28)19(13)12-24-21(27)18-10-15(23)11-20-17(18)7-8-26(20)16-5-3-4-6-16/h7-11,16H,3-6,12H2,1-2H3,(H,24,27)(H,25,28). The van der Waals surface area contributed by atoms with Crippen molar-refractivity contribution in [2.45, 2.75) is 52.1 Å². The molecule has 0 atom stereocenters. The molecular formula is C22H24BrN3O2. The zero-order chi connectivity index (χ0) is 19.8. The van der Waals surface area contributed by atoms with Gasteiger partial charge in [0.25, 0.3) is 11.5 Å². The third-order valence-corrected chi connectivity index (χ3v) is 6.14. The van der Waals surface area contributed by atoms with Gasteiger partial charge in [0.2, 0.25) is 0 Å². The topological polar surface area (TPSA) is 66.9 Å². The van der Waals surface area contributed by atoms with Crippen molar-refractivity contribution < 1.29 is 4.79 Å². The van der Waals surface area contributed by atoms with E-state index >= 15 is 0 Å². The fourth-order valence-electron chi connectivity index (χ4n) is 4.28. The van der Waals surface area contributed by atoms with Crippen LogP contribution in [-0.2, 0) is 6.54 Å². The molecule has 2 N–H and O–H groups in total. The molecule has 2 heterocycles. The molecule has 5 nitrogen and oxygen atoms in total. The van der Waals surface area contributed by atoms with Gasteiger partial charge >= 0.3 is 0 Å². The number of H-pyrrole nitrogens is 1. The van der Waals surface area contributed by atoms with E-state index in [1.807, 2.05) is 32.0 Å². The molecule has 146 valence electrons. The number of aromatic nitrogens is 2. The molecule has 1 aliphatic rings. The Morgan fingerprint density at radius 1 is 1.25 bits per heavy atom. The highest BCUT2D eigenvalue weighted by atomic mass is 79.9. The van der Waals surface area contributed by atoms with Crippen molar-refractivity contribution >= 4 is 32.7 Å². The van der Waals surface area contributed by atoms with E-state index < -0.39 is 0 Å². The Balaban J connectivity index is 1.63. The molecule has 2 aromatic heterocycles. The van der Waals surface area contributed by atoms with Crippen LogP contribution in [0.4, 0.5) is 0 Å². The van der Waals surface area contributed by atoms with Crippen LogP contribution >= 0.6 is 15.9 Å². The molecule has 0 bridgehead atoms. The Kier molecular flexibility index (Phi) is 5.15. The first kappa shape index (κ1) is 19.0. The predicted molar refractivity (Wildman–Crippen MR) is 115 cm³/mol. The van der Waals surface area contributed by atoms with Crippen molar-refractivity contribution in [3.8, 4) is 0 Å². The Morgan fingerprint density at radius 3 is 2.71 bits per heavy atom. The van der Waals surface area contributed by atoms with Crippen molar-refractivity contribution in [3.63, 3.8) is 0 Å². The number of benzene rings is 1. The SMILES string of the molecule is Cc1cc(C)c(CNC(=O)c2cc(Br)cc3c2ccn3C2CCCC2)c(=O)[nH]1. The summed E-state index contributed by atoms with van der Waals surface area (Å²) in [7, 11) is 0. The van der Waals surface area contributed by atoms with Crippen LogP contribution < -0.4 is 10.9 Å². The monoisotopic (exact) mass is 441 g/mol. The van der Waals surface area contributed by atoms with Gasteiger partial charge < -0.3 is 14.9 Å². The van der Waals surface area contributed by atoms with E-state index in [2.05, 4.69) is 43.1 Å². The molecule has 0 spiro atoms. The van der Waals surface area contributed by atoms with E-state index in [4.69, 9.17) is 0 Å². The number of pyridine rings is 1. The molecule has 0 radical (unpaired) electrons. The maximum atomic E-state index is 13.0. The Bertz CT molecular complexity index is 1110. The normalized spacial score (nSPS) is 14.7. The van der Waals surface area contributed by atoms with Crippen LogP contribution in [0.25, 0.3) is 10.9 Å². The van der Waals surface area contributed by atoms with Crippen LogP contribution in [0.15, 0.2) is 39.7 Å². The number of aromatic amines is 1. The fraction of sp³-hybridized carbons (Fsp3) is 0.364. The molecule has 1 aromatic carbocycles. The Labute approximate surface area is 172 Å². The first-order chi connectivity index (χ1) is 13.4. The summed E-state index contributed by atoms with van der Waals surface area (Å²) < 4.78 is 3.19. The minimum atomic E-state index is -0.171. The van der Waals surface area contributed by atoms with Crippen LogP contribution in [0.1, 0.15) is 58.9 Å². The average molecular weight is 442 g/mol. The van der Waals surface area contributed by atoms with Crippen LogP contribution in [0, 0.1) is 13.8 Å². The first-order valence-electron chi connectivity index (χ1n) is 9.71. The highest BCUT2D eigenvalue weighted by molar-refractivity contribution is 9.10. The van der Waals surface area contributed by atoms with Gasteiger partial charge in [0, 0.05) is 45.5 Å². The largest absolute Gasteiger partial charge is 0.348 e. The zero-order valence-electron chi connectivity index (χ0n) is 16.1. The highest BCUT2D eigenvalue weighted by Crippen LogP contribution is 2.34. The Morgan fingerprint density at radius 2 is 2.00 bits per heavy atom. The highest BCUT2D eigenvalue weighted by Gasteiger charge is 2.21. The zero-order valence-corrected chi connectivity index (χ0v) is 17.7. The smallest absolute Gasteiger partial charge is 0.253 e. The summed E-state index contributed by atoms with van der Waals surface area (Å²) in [5, 5.41) is 3.87. The number of carbonyl (C=O) groups is 1. The lowest BCUT2D eigenvalue weighted by atomic mass is 10.1. The number of rotatable bonds is 4. The lowest BCUT2D eigenvalue weighted by molar-refractivity contribution is 0.0952. The molecule has 0 saturated heterocycles. The van der Waals surface area contributed by atoms with Crippen LogP contribution in [-0.4, -0.2) is 15.5 Å². The van der Waals surface area contributed by atoms with Crippen LogP contribution in [0.5, 0.6) is 0 Å². The van der Waals surface area contributed by atoms with Gasteiger partial charge in [0.1, 0.15) is 0 Å². The van der Waals surface area contributed by atoms with Gasteiger partial charge in [-0.2, -0.15) is 0 Å². The van der Waals surface area contributed by atoms with Crippen molar-refractivity contribution in [2.24, 2.45) is 0 Å². The molecule has 1 saturated carbocycles. The van der Waals surface area contributed by atoms with Crippen molar-refractivity contribution in [2.75, 3.05) is 0 Å². The summed E-state index contributed by atoms with van der Waals surface area (Å²) in [6.07, 6.45) is 6.99. The summed E-state index contributed by atoms with van der Waals surface area (Å²) in [6, 6.07) is 8.39. The molecule has 1 aliphatic carbocycles. The summed E-state index contributed by atoms with van der Waals surface area (Å²) in [4.78, 5) is 28.0. The van der Waals surface area contributed by atoms with E-state index in [-0.39, 0.29) is 18.0 Å². The summed E-state index contributed by atoms with van der Waals surface area (Å²) in [6.45, 7) is 3.95. The average Bonchev–Trinajstić information content (AvgIpc) is 3.28. The second-order valence-corrected chi connectivity index (χ2v) is 8.59. The van der Waals surface area contributed by atoms with Crippen molar-refractivity contribution in [1.82, 2.24) is 14.9 Å². The van der Waals surface area contributed by atoms with E-state index in [0.717, 1.165) is 26.6 Å². The molecular weight excluding hydrogens is 418 g/mol. The Hall–Kier alpha value is -2.34. The third kappa shape index (κ3) is 3.53. The summed E-state index contributed by atoms with van der Waals surface area (Å²) >= 11 is 3.56. The number of fused-ring (bicyclic) bond motifs is 1. The molecule has 4 rings (SSSR count). The van der Waals surface area contributed by atoms with Gasteiger partial charge in [-0.15, -0.1) is 0 Å². The molecule has 0 aliphatic heterocycles. The number of carbonyl (C=O) groups excluding carboxylic acids is 1. The minimum Gasteiger partial charge on any atom is -0.348 e. The second-order valence-electron chi connectivity index (χ2n) is 7.67. The van der Waals surface area contributed by atoms with Gasteiger partial charge in [0.05, 0.1) is 5.52 Å². The molecule has 1 amide bonds. The van der Waals surface area contributed by atoms with Crippen LogP contribution in [0.2, 0.25) is 0 Å². The van der Waals surface area contributed by atoms with Crippen molar-refractivity contribution in [3.05, 3.63) is 67.7 Å². The predicted octanol–water partition coefficient (Wildman–Crippen LogP) is 4.75. The third-order valence-electron chi connectivity index (χ3n) is 5.69. The lowest BCUT2D eigenvalue weighted by Gasteiger charge is -2.14. The van der Waals surface area contributed by atoms with Gasteiger partial charge in [-0.25, -0.2) is 0 Å². The van der Waals surface area contributed by atoms with Gasteiger partial charge in [-0.3, -0.25) is 9.59 Å². The van der Waals surface area contributed by atoms with Crippen LogP contribution in [0.3, 0.4) is 0 Å². The second kappa shape index (κ2) is 7.59. The molecule has 6 heteroatoms. The van der Waals surface area contributed by atoms with Gasteiger partial charge in [-0.05, 0) is 56.5 Å². The van der Waals surface area contributed by atoms with Gasteiger partial charge in [-0.1, -0.05) is 28.8 Å². The number of aryl methyl sites for hydroxylation is 2. The molecule has 1 fully saturated rings. The van der Waals surface area contributed by atoms with E-state index in [0.29, 0.717) is 17.2 Å². The van der Waals surface area contributed by atoms with E-state index in [1.54, 1.807) is 0 Å². The quantitative estimate of drug-likeness (QED) is 0.612. The fourth-order valence-corrected chi connectivity index (χ4v) is 4.73. The maximum Gasteiger partial charge on any atom is 0.253 e. The lowest BCUT2D eigenvalue weighted by Crippen LogP contribution is -2.28. The van der Waals surface area contributed by atoms with E-state index in [1.165, 1.54) is 25.7 Å². The molecule has 3 aromatic rings. The van der Waals surface area contributed by atoms with Gasteiger partial charge in [0.15, 0.2) is 0 Å². The number of hydrogen-bond donors (Lipinski definition) is 2.